The Kier molecular flexibility index (Phi) is 3.76. The van der Waals surface area contributed by atoms with Crippen LogP contribution in [-0.4, -0.2) is 36.7 Å². The van der Waals surface area contributed by atoms with Crippen LogP contribution in [0.5, 0.6) is 0 Å². The zero-order valence-electron chi connectivity index (χ0n) is 14.3. The van der Waals surface area contributed by atoms with Gasteiger partial charge in [0.05, 0.1) is 17.6 Å². The maximum absolute atomic E-state index is 4.87. The van der Waals surface area contributed by atoms with E-state index in [0.717, 1.165) is 59.2 Å². The van der Waals surface area contributed by atoms with E-state index in [1.54, 1.807) is 0 Å². The SMILES string of the molecule is C=C1CCc2ncc(-c3ccc(-c4ncn[nH]4)nc3C)nc2N1CC. The molecule has 4 heterocycles. The van der Waals surface area contributed by atoms with Gasteiger partial charge in [0.25, 0.3) is 0 Å². The maximum Gasteiger partial charge on any atom is 0.174 e. The summed E-state index contributed by atoms with van der Waals surface area (Å²) in [6.07, 6.45) is 5.13. The van der Waals surface area contributed by atoms with Gasteiger partial charge < -0.3 is 4.90 Å². The Morgan fingerprint density at radius 1 is 1.16 bits per heavy atom. The summed E-state index contributed by atoms with van der Waals surface area (Å²) in [5, 5.41) is 6.70. The van der Waals surface area contributed by atoms with Crippen molar-refractivity contribution >= 4 is 5.82 Å². The molecule has 3 aromatic heterocycles. The monoisotopic (exact) mass is 333 g/mol. The molecule has 1 N–H and O–H groups in total. The highest BCUT2D eigenvalue weighted by atomic mass is 15.2. The molecule has 0 amide bonds. The maximum atomic E-state index is 4.87. The molecule has 7 heteroatoms. The summed E-state index contributed by atoms with van der Waals surface area (Å²) < 4.78 is 0. The number of rotatable bonds is 3. The number of fused-ring (bicyclic) bond motifs is 1. The first-order valence-corrected chi connectivity index (χ1v) is 8.32. The number of H-pyrrole nitrogens is 1. The molecular weight excluding hydrogens is 314 g/mol. The van der Waals surface area contributed by atoms with Crippen LogP contribution in [0.3, 0.4) is 0 Å². The van der Waals surface area contributed by atoms with Crippen molar-refractivity contribution in [2.45, 2.75) is 26.7 Å². The zero-order valence-corrected chi connectivity index (χ0v) is 14.3. The van der Waals surface area contributed by atoms with Gasteiger partial charge in [-0.05, 0) is 38.8 Å². The molecule has 3 aromatic rings. The van der Waals surface area contributed by atoms with Crippen LogP contribution in [0.4, 0.5) is 5.82 Å². The summed E-state index contributed by atoms with van der Waals surface area (Å²) in [5.74, 6) is 1.56. The Morgan fingerprint density at radius 2 is 2.04 bits per heavy atom. The van der Waals surface area contributed by atoms with Gasteiger partial charge in [0.1, 0.15) is 12.0 Å². The van der Waals surface area contributed by atoms with Crippen LogP contribution in [0, 0.1) is 6.92 Å². The molecule has 0 unspecified atom stereocenters. The minimum Gasteiger partial charge on any atom is -0.329 e. The molecule has 25 heavy (non-hydrogen) atoms. The Morgan fingerprint density at radius 3 is 2.76 bits per heavy atom. The lowest BCUT2D eigenvalue weighted by Crippen LogP contribution is -2.28. The van der Waals surface area contributed by atoms with E-state index in [-0.39, 0.29) is 0 Å². The summed E-state index contributed by atoms with van der Waals surface area (Å²) in [7, 11) is 0. The van der Waals surface area contributed by atoms with Crippen molar-refractivity contribution in [2.75, 3.05) is 11.4 Å². The summed E-state index contributed by atoms with van der Waals surface area (Å²) >= 11 is 0. The molecule has 0 atom stereocenters. The number of allylic oxidation sites excluding steroid dienone is 1. The van der Waals surface area contributed by atoms with Crippen molar-refractivity contribution in [2.24, 2.45) is 0 Å². The van der Waals surface area contributed by atoms with Crippen LogP contribution in [0.15, 0.2) is 36.9 Å². The van der Waals surface area contributed by atoms with Crippen molar-refractivity contribution in [3.8, 4) is 22.8 Å². The summed E-state index contributed by atoms with van der Waals surface area (Å²) in [6, 6.07) is 3.92. The van der Waals surface area contributed by atoms with Gasteiger partial charge in [-0.1, -0.05) is 6.58 Å². The molecule has 0 aromatic carbocycles. The van der Waals surface area contributed by atoms with E-state index >= 15 is 0 Å². The number of hydrogen-bond donors (Lipinski definition) is 1. The number of aromatic nitrogens is 6. The zero-order chi connectivity index (χ0) is 17.4. The van der Waals surface area contributed by atoms with Crippen LogP contribution < -0.4 is 4.90 Å². The largest absolute Gasteiger partial charge is 0.329 e. The van der Waals surface area contributed by atoms with Gasteiger partial charge in [0.15, 0.2) is 11.6 Å². The van der Waals surface area contributed by atoms with Gasteiger partial charge in [0.2, 0.25) is 0 Å². The molecule has 1 aliphatic rings. The number of pyridine rings is 1. The minimum absolute atomic E-state index is 0.652. The van der Waals surface area contributed by atoms with Gasteiger partial charge in [-0.3, -0.25) is 10.1 Å². The Hall–Kier alpha value is -3.09. The highest BCUT2D eigenvalue weighted by molar-refractivity contribution is 5.67. The number of aryl methyl sites for hydroxylation is 2. The Balaban J connectivity index is 1.76. The number of nitrogens with zero attached hydrogens (tertiary/aromatic N) is 6. The average molecular weight is 333 g/mol. The summed E-state index contributed by atoms with van der Waals surface area (Å²) in [6.45, 7) is 9.06. The number of anilines is 1. The van der Waals surface area contributed by atoms with Crippen LogP contribution >= 0.6 is 0 Å². The van der Waals surface area contributed by atoms with Crippen molar-refractivity contribution in [1.29, 1.82) is 0 Å². The minimum atomic E-state index is 0.652. The molecule has 0 spiro atoms. The Bertz CT molecular complexity index is 931. The molecule has 0 saturated carbocycles. The Labute approximate surface area is 145 Å². The van der Waals surface area contributed by atoms with Gasteiger partial charge in [-0.2, -0.15) is 5.10 Å². The number of nitrogens with one attached hydrogen (secondary N) is 1. The molecule has 4 rings (SSSR count). The molecule has 1 aliphatic heterocycles. The quantitative estimate of drug-likeness (QED) is 0.793. The normalized spacial score (nSPS) is 13.8. The van der Waals surface area contributed by atoms with Crippen molar-refractivity contribution in [3.05, 3.63) is 48.3 Å². The third-order valence-corrected chi connectivity index (χ3v) is 4.45. The third-order valence-electron chi connectivity index (χ3n) is 4.45. The van der Waals surface area contributed by atoms with E-state index in [2.05, 4.69) is 43.6 Å². The standard InChI is InChI=1S/C18H19N7/c1-4-25-11(2)5-7-15-18(25)23-16(9-19-15)13-6-8-14(22-12(13)3)17-20-10-21-24-17/h6,8-10H,2,4-5,7H2,1,3H3,(H,20,21,24). The topological polar surface area (TPSA) is 83.5 Å². The van der Waals surface area contributed by atoms with Gasteiger partial charge >= 0.3 is 0 Å². The average Bonchev–Trinajstić information content (AvgIpc) is 3.16. The highest BCUT2D eigenvalue weighted by Crippen LogP contribution is 2.31. The second kappa shape index (κ2) is 6.08. The number of hydrogen-bond acceptors (Lipinski definition) is 6. The predicted octanol–water partition coefficient (Wildman–Crippen LogP) is 2.92. The fourth-order valence-electron chi connectivity index (χ4n) is 3.14. The molecular formula is C18H19N7. The van der Waals surface area contributed by atoms with Gasteiger partial charge in [-0.25, -0.2) is 15.0 Å². The lowest BCUT2D eigenvalue weighted by Gasteiger charge is -2.30. The first-order chi connectivity index (χ1) is 12.2. The molecule has 7 nitrogen and oxygen atoms in total. The number of aromatic amines is 1. The first-order valence-electron chi connectivity index (χ1n) is 8.32. The van der Waals surface area contributed by atoms with E-state index < -0.39 is 0 Å². The van der Waals surface area contributed by atoms with Crippen LogP contribution in [0.25, 0.3) is 22.8 Å². The van der Waals surface area contributed by atoms with Crippen molar-refractivity contribution in [1.82, 2.24) is 30.1 Å². The summed E-state index contributed by atoms with van der Waals surface area (Å²) in [4.78, 5) is 20.4. The van der Waals surface area contributed by atoms with Crippen molar-refractivity contribution < 1.29 is 0 Å². The molecule has 0 aliphatic carbocycles. The second-order valence-corrected chi connectivity index (χ2v) is 6.00. The highest BCUT2D eigenvalue weighted by Gasteiger charge is 2.22. The predicted molar refractivity (Wildman–Crippen MR) is 95.9 cm³/mol. The second-order valence-electron chi connectivity index (χ2n) is 6.00. The van der Waals surface area contributed by atoms with Crippen LogP contribution in [0.2, 0.25) is 0 Å². The lowest BCUT2D eigenvalue weighted by atomic mass is 10.1. The molecule has 0 fully saturated rings. The van der Waals surface area contributed by atoms with Crippen LogP contribution in [0.1, 0.15) is 24.7 Å². The molecule has 0 radical (unpaired) electrons. The lowest BCUT2D eigenvalue weighted by molar-refractivity contribution is 0.760. The third kappa shape index (κ3) is 2.67. The fourth-order valence-corrected chi connectivity index (χ4v) is 3.14. The van der Waals surface area contributed by atoms with Crippen molar-refractivity contribution in [3.63, 3.8) is 0 Å². The van der Waals surface area contributed by atoms with E-state index in [9.17, 15) is 0 Å². The van der Waals surface area contributed by atoms with Crippen LogP contribution in [-0.2, 0) is 6.42 Å². The molecule has 126 valence electrons. The smallest absolute Gasteiger partial charge is 0.174 e. The fraction of sp³-hybridized carbons (Fsp3) is 0.278. The molecule has 0 saturated heterocycles. The van der Waals surface area contributed by atoms with Gasteiger partial charge in [-0.15, -0.1) is 0 Å². The van der Waals surface area contributed by atoms with Gasteiger partial charge in [0, 0.05) is 23.5 Å². The summed E-state index contributed by atoms with van der Waals surface area (Å²) in [5.41, 5.74) is 5.54. The van der Waals surface area contributed by atoms with E-state index in [0.29, 0.717) is 5.82 Å². The first kappa shape index (κ1) is 15.4. The van der Waals surface area contributed by atoms with E-state index in [1.807, 2.05) is 25.3 Å². The molecule has 0 bridgehead atoms. The van der Waals surface area contributed by atoms with E-state index in [4.69, 9.17) is 4.98 Å². The van der Waals surface area contributed by atoms with E-state index in [1.165, 1.54) is 6.33 Å².